The van der Waals surface area contributed by atoms with Gasteiger partial charge in [0, 0.05) is 37.3 Å². The van der Waals surface area contributed by atoms with Gasteiger partial charge < -0.3 is 20.7 Å². The standard InChI is InChI=1S/C19H29N7O/c1-6-26(8-7-22-5)16-10-15(24-12-25-16)18(21)13-9-17(23-11-14(13)20)27-19(2,3)4/h9-12,21-22H,6-8,20H2,1-5H3. The Labute approximate surface area is 160 Å². The summed E-state index contributed by atoms with van der Waals surface area (Å²) in [6.07, 6.45) is 2.99. The van der Waals surface area contributed by atoms with Gasteiger partial charge in [0.05, 0.1) is 23.3 Å². The van der Waals surface area contributed by atoms with Crippen LogP contribution >= 0.6 is 0 Å². The van der Waals surface area contributed by atoms with E-state index in [1.807, 2.05) is 33.9 Å². The number of pyridine rings is 1. The van der Waals surface area contributed by atoms with E-state index >= 15 is 0 Å². The minimum atomic E-state index is -0.389. The fourth-order valence-electron chi connectivity index (χ4n) is 2.51. The molecule has 0 saturated carbocycles. The third kappa shape index (κ3) is 5.62. The van der Waals surface area contributed by atoms with Crippen molar-refractivity contribution in [3.63, 3.8) is 0 Å². The largest absolute Gasteiger partial charge is 0.472 e. The minimum Gasteiger partial charge on any atom is -0.472 e. The molecule has 4 N–H and O–H groups in total. The summed E-state index contributed by atoms with van der Waals surface area (Å²) in [4.78, 5) is 14.9. The highest BCUT2D eigenvalue weighted by Gasteiger charge is 2.17. The molecule has 27 heavy (non-hydrogen) atoms. The van der Waals surface area contributed by atoms with E-state index in [1.165, 1.54) is 12.5 Å². The summed E-state index contributed by atoms with van der Waals surface area (Å²) in [5.41, 5.74) is 7.32. The molecule has 0 atom stereocenters. The zero-order chi connectivity index (χ0) is 20.0. The van der Waals surface area contributed by atoms with Crippen molar-refractivity contribution in [2.24, 2.45) is 0 Å². The van der Waals surface area contributed by atoms with Gasteiger partial charge in [0.25, 0.3) is 0 Å². The van der Waals surface area contributed by atoms with Gasteiger partial charge in [0.1, 0.15) is 17.7 Å². The summed E-state index contributed by atoms with van der Waals surface area (Å²) in [5, 5.41) is 11.7. The molecule has 2 aromatic heterocycles. The lowest BCUT2D eigenvalue weighted by Gasteiger charge is -2.22. The van der Waals surface area contributed by atoms with Crippen molar-refractivity contribution in [1.29, 1.82) is 5.41 Å². The molecule has 8 heteroatoms. The van der Waals surface area contributed by atoms with E-state index in [2.05, 4.69) is 32.1 Å². The summed E-state index contributed by atoms with van der Waals surface area (Å²) >= 11 is 0. The van der Waals surface area contributed by atoms with Crippen LogP contribution in [0.2, 0.25) is 0 Å². The zero-order valence-corrected chi connectivity index (χ0v) is 16.7. The van der Waals surface area contributed by atoms with Gasteiger partial charge in [0.2, 0.25) is 5.88 Å². The third-order valence-electron chi connectivity index (χ3n) is 3.84. The fraction of sp³-hybridized carbons (Fsp3) is 0.474. The topological polar surface area (TPSA) is 113 Å². The van der Waals surface area contributed by atoms with Gasteiger partial charge in [-0.3, -0.25) is 5.41 Å². The lowest BCUT2D eigenvalue weighted by molar-refractivity contribution is 0.124. The maximum Gasteiger partial charge on any atom is 0.214 e. The highest BCUT2D eigenvalue weighted by atomic mass is 16.5. The number of likely N-dealkylation sites (N-methyl/N-ethyl adjacent to an activating group) is 2. The van der Waals surface area contributed by atoms with Crippen molar-refractivity contribution < 1.29 is 4.74 Å². The molecule has 2 heterocycles. The van der Waals surface area contributed by atoms with E-state index in [9.17, 15) is 0 Å². The average molecular weight is 371 g/mol. The first-order valence-corrected chi connectivity index (χ1v) is 9.00. The predicted molar refractivity (Wildman–Crippen MR) is 109 cm³/mol. The number of nitrogens with one attached hydrogen (secondary N) is 2. The van der Waals surface area contributed by atoms with E-state index in [4.69, 9.17) is 15.9 Å². The van der Waals surface area contributed by atoms with Gasteiger partial charge >= 0.3 is 0 Å². The second kappa shape index (κ2) is 8.77. The van der Waals surface area contributed by atoms with Crippen LogP contribution in [0.1, 0.15) is 39.0 Å². The lowest BCUT2D eigenvalue weighted by Crippen LogP contribution is -2.31. The molecule has 0 amide bonds. The molecule has 0 saturated heterocycles. The van der Waals surface area contributed by atoms with E-state index in [0.717, 1.165) is 25.5 Å². The first-order chi connectivity index (χ1) is 12.7. The van der Waals surface area contributed by atoms with Crippen molar-refractivity contribution in [2.45, 2.75) is 33.3 Å². The molecule has 0 fully saturated rings. The van der Waals surface area contributed by atoms with Crippen molar-refractivity contribution in [3.05, 3.63) is 35.9 Å². The van der Waals surface area contributed by atoms with Crippen molar-refractivity contribution in [3.8, 4) is 5.88 Å². The Hall–Kier alpha value is -2.74. The Balaban J connectivity index is 2.32. The number of rotatable bonds is 8. The maximum atomic E-state index is 8.59. The number of anilines is 2. The van der Waals surface area contributed by atoms with Crippen molar-refractivity contribution in [1.82, 2.24) is 20.3 Å². The molecule has 146 valence electrons. The van der Waals surface area contributed by atoms with E-state index in [1.54, 1.807) is 6.07 Å². The highest BCUT2D eigenvalue weighted by molar-refractivity contribution is 6.13. The summed E-state index contributed by atoms with van der Waals surface area (Å²) in [5.74, 6) is 1.20. The highest BCUT2D eigenvalue weighted by Crippen LogP contribution is 2.23. The second-order valence-corrected chi connectivity index (χ2v) is 7.14. The molecule has 0 aliphatic rings. The first-order valence-electron chi connectivity index (χ1n) is 9.00. The van der Waals surface area contributed by atoms with Crippen LogP contribution in [-0.4, -0.2) is 52.9 Å². The fourth-order valence-corrected chi connectivity index (χ4v) is 2.51. The number of hydrogen-bond acceptors (Lipinski definition) is 8. The Bertz CT molecular complexity index is 786. The van der Waals surface area contributed by atoms with Crippen LogP contribution in [-0.2, 0) is 0 Å². The normalized spacial score (nSPS) is 11.3. The van der Waals surface area contributed by atoms with E-state index in [0.29, 0.717) is 22.8 Å². The summed E-state index contributed by atoms with van der Waals surface area (Å²) < 4.78 is 5.80. The van der Waals surface area contributed by atoms with Crippen LogP contribution in [0.5, 0.6) is 5.88 Å². The van der Waals surface area contributed by atoms with Gasteiger partial charge in [-0.2, -0.15) is 0 Å². The Morgan fingerprint density at radius 2 is 2.00 bits per heavy atom. The number of aromatic nitrogens is 3. The molecule has 0 unspecified atom stereocenters. The van der Waals surface area contributed by atoms with Crippen LogP contribution in [0.3, 0.4) is 0 Å². The lowest BCUT2D eigenvalue weighted by atomic mass is 10.1. The zero-order valence-electron chi connectivity index (χ0n) is 16.7. The minimum absolute atomic E-state index is 0.210. The van der Waals surface area contributed by atoms with Crippen LogP contribution in [0.15, 0.2) is 24.7 Å². The summed E-state index contributed by atoms with van der Waals surface area (Å²) in [6, 6.07) is 3.49. The maximum absolute atomic E-state index is 8.59. The average Bonchev–Trinajstić information content (AvgIpc) is 2.62. The second-order valence-electron chi connectivity index (χ2n) is 7.14. The molecule has 2 rings (SSSR count). The molecule has 0 bridgehead atoms. The molecule has 0 aliphatic carbocycles. The molecular weight excluding hydrogens is 342 g/mol. The van der Waals surface area contributed by atoms with Gasteiger partial charge in [-0.1, -0.05) is 0 Å². The van der Waals surface area contributed by atoms with Gasteiger partial charge in [-0.25, -0.2) is 15.0 Å². The number of hydrogen-bond donors (Lipinski definition) is 3. The summed E-state index contributed by atoms with van der Waals surface area (Å²) in [7, 11) is 1.92. The molecule has 0 radical (unpaired) electrons. The van der Waals surface area contributed by atoms with Gasteiger partial charge in [-0.15, -0.1) is 0 Å². The number of ether oxygens (including phenoxy) is 1. The van der Waals surface area contributed by atoms with Crippen LogP contribution < -0.4 is 20.7 Å². The monoisotopic (exact) mass is 371 g/mol. The third-order valence-corrected chi connectivity index (χ3v) is 3.84. The summed E-state index contributed by atoms with van der Waals surface area (Å²) in [6.45, 7) is 10.4. The number of nitrogens with zero attached hydrogens (tertiary/aromatic N) is 4. The van der Waals surface area contributed by atoms with E-state index < -0.39 is 0 Å². The van der Waals surface area contributed by atoms with Gasteiger partial charge in [0.15, 0.2) is 0 Å². The van der Waals surface area contributed by atoms with Crippen molar-refractivity contribution in [2.75, 3.05) is 37.3 Å². The molecule has 0 aromatic carbocycles. The smallest absolute Gasteiger partial charge is 0.214 e. The molecule has 2 aromatic rings. The molecule has 0 aliphatic heterocycles. The van der Waals surface area contributed by atoms with Crippen LogP contribution in [0.25, 0.3) is 0 Å². The Morgan fingerprint density at radius 1 is 1.26 bits per heavy atom. The SMILES string of the molecule is CCN(CCNC)c1cc(C(=N)c2cc(OC(C)(C)C)ncc2N)ncn1. The van der Waals surface area contributed by atoms with E-state index in [-0.39, 0.29) is 11.3 Å². The van der Waals surface area contributed by atoms with Crippen molar-refractivity contribution >= 4 is 17.2 Å². The molecule has 0 spiro atoms. The number of nitrogens with two attached hydrogens (primary N) is 1. The Kier molecular flexibility index (Phi) is 6.68. The van der Waals surface area contributed by atoms with Crippen LogP contribution in [0, 0.1) is 5.41 Å². The van der Waals surface area contributed by atoms with Gasteiger partial charge in [-0.05, 0) is 34.7 Å². The van der Waals surface area contributed by atoms with Crippen LogP contribution in [0.4, 0.5) is 11.5 Å². The Morgan fingerprint density at radius 3 is 2.63 bits per heavy atom. The predicted octanol–water partition coefficient (Wildman–Crippen LogP) is 2.09. The molecular formula is C19H29N7O. The molecule has 8 nitrogen and oxygen atoms in total. The first kappa shape index (κ1) is 20.6. The number of nitrogen functional groups attached to an aromatic ring is 1. The quantitative estimate of drug-likeness (QED) is 0.609.